The number of carbonyl (C=O) groups excluding carboxylic acids is 1. The summed E-state index contributed by atoms with van der Waals surface area (Å²) in [5.41, 5.74) is 1.37. The number of carbonyl (C=O) groups is 1. The van der Waals surface area contributed by atoms with Gasteiger partial charge in [0, 0.05) is 11.5 Å². The van der Waals surface area contributed by atoms with Crippen LogP contribution in [0.15, 0.2) is 36.5 Å². The zero-order valence-electron chi connectivity index (χ0n) is 10.6. The molecule has 5 atom stereocenters. The number of aliphatic hydroxyl groups excluding tert-OH is 1. The summed E-state index contributed by atoms with van der Waals surface area (Å²) in [6, 6.07) is 0. The zero-order valence-corrected chi connectivity index (χ0v) is 10.6. The molecule has 3 aliphatic rings. The van der Waals surface area contributed by atoms with Crippen LogP contribution in [0.4, 0.5) is 0 Å². The summed E-state index contributed by atoms with van der Waals surface area (Å²) in [4.78, 5) is 11.6. The average Bonchev–Trinajstić information content (AvgIpc) is 2.58. The Kier molecular flexibility index (Phi) is 2.33. The van der Waals surface area contributed by atoms with Gasteiger partial charge in [-0.05, 0) is 29.7 Å². The van der Waals surface area contributed by atoms with Crippen molar-refractivity contribution in [2.45, 2.75) is 32.0 Å². The second kappa shape index (κ2) is 3.58. The third kappa shape index (κ3) is 1.43. The van der Waals surface area contributed by atoms with E-state index in [0.29, 0.717) is 5.57 Å². The van der Waals surface area contributed by atoms with Crippen LogP contribution >= 0.6 is 0 Å². The summed E-state index contributed by atoms with van der Waals surface area (Å²) in [5.74, 6) is 0.0263. The summed E-state index contributed by atoms with van der Waals surface area (Å²) in [6.07, 6.45) is 4.82. The first-order valence-corrected chi connectivity index (χ1v) is 6.38. The number of hydrogen-bond acceptors (Lipinski definition) is 3. The topological polar surface area (TPSA) is 46.5 Å². The van der Waals surface area contributed by atoms with Gasteiger partial charge in [-0.1, -0.05) is 32.2 Å². The number of rotatable bonds is 0. The molecule has 1 saturated carbocycles. The lowest BCUT2D eigenvalue weighted by atomic mass is 9.58. The van der Waals surface area contributed by atoms with E-state index in [2.05, 4.69) is 26.2 Å². The van der Waals surface area contributed by atoms with Crippen molar-refractivity contribution in [3.63, 3.8) is 0 Å². The third-order valence-corrected chi connectivity index (χ3v) is 4.83. The van der Waals surface area contributed by atoms with Crippen molar-refractivity contribution >= 4 is 5.97 Å². The molecule has 1 aliphatic heterocycles. The average molecular weight is 246 g/mol. The lowest BCUT2D eigenvalue weighted by Gasteiger charge is -2.47. The fourth-order valence-electron chi connectivity index (χ4n) is 3.65. The molecule has 0 aromatic rings. The van der Waals surface area contributed by atoms with Gasteiger partial charge in [0.2, 0.25) is 0 Å². The quantitative estimate of drug-likeness (QED) is 0.404. The van der Waals surface area contributed by atoms with Gasteiger partial charge in [-0.15, -0.1) is 0 Å². The molecule has 0 unspecified atom stereocenters. The molecular formula is C15H18O3. The predicted molar refractivity (Wildman–Crippen MR) is 67.6 cm³/mol. The summed E-state index contributed by atoms with van der Waals surface area (Å²) < 4.78 is 5.39. The Morgan fingerprint density at radius 1 is 1.50 bits per heavy atom. The highest BCUT2D eigenvalue weighted by molar-refractivity contribution is 5.90. The summed E-state index contributed by atoms with van der Waals surface area (Å²) >= 11 is 0. The number of ether oxygens (including phenoxy) is 1. The van der Waals surface area contributed by atoms with Crippen LogP contribution in [-0.2, 0) is 9.53 Å². The summed E-state index contributed by atoms with van der Waals surface area (Å²) in [7, 11) is 0. The number of fused-ring (bicyclic) bond motifs is 2. The molecular weight excluding hydrogens is 228 g/mol. The van der Waals surface area contributed by atoms with E-state index in [4.69, 9.17) is 4.74 Å². The van der Waals surface area contributed by atoms with Gasteiger partial charge in [-0.2, -0.15) is 0 Å². The normalized spacial score (nSPS) is 46.7. The molecule has 0 aromatic carbocycles. The molecule has 2 fully saturated rings. The minimum atomic E-state index is -0.564. The van der Waals surface area contributed by atoms with Gasteiger partial charge >= 0.3 is 5.97 Å². The van der Waals surface area contributed by atoms with Crippen LogP contribution in [0.25, 0.3) is 0 Å². The predicted octanol–water partition coefficient (Wildman–Crippen LogP) is 1.99. The van der Waals surface area contributed by atoms with Gasteiger partial charge in [-0.25, -0.2) is 4.79 Å². The molecule has 1 heterocycles. The summed E-state index contributed by atoms with van der Waals surface area (Å²) in [5, 5.41) is 9.88. The largest absolute Gasteiger partial charge is 0.458 e. The van der Waals surface area contributed by atoms with Gasteiger partial charge in [0.05, 0.1) is 6.10 Å². The van der Waals surface area contributed by atoms with E-state index in [9.17, 15) is 9.90 Å². The first kappa shape index (κ1) is 11.7. The highest BCUT2D eigenvalue weighted by atomic mass is 16.6. The SMILES string of the molecule is C=C1C(=O)O[C@@H]2C[C@@]3(C)C=C[C@@H](O)C(=C)[C@@H]3C[C@H]12. The Bertz CT molecular complexity index is 476. The second-order valence-electron chi connectivity index (χ2n) is 5.95. The fraction of sp³-hybridized carbons (Fsp3) is 0.533. The number of hydrogen-bond donors (Lipinski definition) is 1. The smallest absolute Gasteiger partial charge is 0.334 e. The van der Waals surface area contributed by atoms with E-state index in [0.717, 1.165) is 18.4 Å². The highest BCUT2D eigenvalue weighted by Crippen LogP contribution is 2.54. The lowest BCUT2D eigenvalue weighted by Crippen LogP contribution is -2.44. The van der Waals surface area contributed by atoms with Crippen LogP contribution in [0.2, 0.25) is 0 Å². The third-order valence-electron chi connectivity index (χ3n) is 4.83. The van der Waals surface area contributed by atoms with E-state index in [1.54, 1.807) is 6.08 Å². The molecule has 0 radical (unpaired) electrons. The van der Waals surface area contributed by atoms with Crippen molar-refractivity contribution in [1.29, 1.82) is 0 Å². The van der Waals surface area contributed by atoms with Crippen LogP contribution in [0.5, 0.6) is 0 Å². The molecule has 0 aromatic heterocycles. The van der Waals surface area contributed by atoms with Crippen LogP contribution in [0, 0.1) is 17.3 Å². The van der Waals surface area contributed by atoms with Gasteiger partial charge in [0.1, 0.15) is 6.10 Å². The van der Waals surface area contributed by atoms with E-state index in [1.165, 1.54) is 0 Å². The van der Waals surface area contributed by atoms with Gasteiger partial charge in [0.25, 0.3) is 0 Å². The monoisotopic (exact) mass is 246 g/mol. The Labute approximate surface area is 107 Å². The van der Waals surface area contributed by atoms with Crippen molar-refractivity contribution in [3.05, 3.63) is 36.5 Å². The maximum absolute atomic E-state index is 11.6. The van der Waals surface area contributed by atoms with Crippen LogP contribution in [0.1, 0.15) is 19.8 Å². The molecule has 0 amide bonds. The van der Waals surface area contributed by atoms with Crippen molar-refractivity contribution in [3.8, 4) is 0 Å². The Balaban J connectivity index is 1.96. The molecule has 3 heteroatoms. The molecule has 2 aliphatic carbocycles. The molecule has 3 nitrogen and oxygen atoms in total. The standard InChI is InChI=1S/C15H18O3/c1-8-10-6-11-9(2)12(16)4-5-15(11,3)7-13(10)18-14(8)17/h4-5,10-13,16H,1-2,6-7H2,3H3/t10-,11+,12-,13-,15-/m1/s1. The molecule has 1 saturated heterocycles. The van der Waals surface area contributed by atoms with Crippen molar-refractivity contribution in [2.24, 2.45) is 17.3 Å². The number of allylic oxidation sites excluding steroid dienone is 1. The number of esters is 1. The van der Waals surface area contributed by atoms with Gasteiger partial charge < -0.3 is 9.84 Å². The molecule has 0 bridgehead atoms. The minimum absolute atomic E-state index is 0.0565. The molecule has 3 rings (SSSR count). The van der Waals surface area contributed by atoms with Gasteiger partial charge in [-0.3, -0.25) is 0 Å². The maximum Gasteiger partial charge on any atom is 0.334 e. The maximum atomic E-state index is 11.6. The van der Waals surface area contributed by atoms with E-state index >= 15 is 0 Å². The Hall–Kier alpha value is -1.35. The number of aliphatic hydroxyl groups is 1. The molecule has 96 valence electrons. The van der Waals surface area contributed by atoms with E-state index < -0.39 is 6.10 Å². The molecule has 1 N–H and O–H groups in total. The highest BCUT2D eigenvalue weighted by Gasteiger charge is 2.52. The lowest BCUT2D eigenvalue weighted by molar-refractivity contribution is -0.141. The zero-order chi connectivity index (χ0) is 13.1. The van der Waals surface area contributed by atoms with E-state index in [-0.39, 0.29) is 29.3 Å². The summed E-state index contributed by atoms with van der Waals surface area (Å²) in [6.45, 7) is 10.0. The second-order valence-corrected chi connectivity index (χ2v) is 5.95. The van der Waals surface area contributed by atoms with Crippen LogP contribution in [0.3, 0.4) is 0 Å². The van der Waals surface area contributed by atoms with E-state index in [1.807, 2.05) is 0 Å². The first-order chi connectivity index (χ1) is 8.42. The van der Waals surface area contributed by atoms with Gasteiger partial charge in [0.15, 0.2) is 0 Å². The minimum Gasteiger partial charge on any atom is -0.458 e. The van der Waals surface area contributed by atoms with Crippen LogP contribution < -0.4 is 0 Å². The molecule has 0 spiro atoms. The van der Waals surface area contributed by atoms with Crippen molar-refractivity contribution < 1.29 is 14.6 Å². The fourth-order valence-corrected chi connectivity index (χ4v) is 3.65. The van der Waals surface area contributed by atoms with Crippen molar-refractivity contribution in [1.82, 2.24) is 0 Å². The van der Waals surface area contributed by atoms with Crippen LogP contribution in [-0.4, -0.2) is 23.3 Å². The van der Waals surface area contributed by atoms with Crippen molar-refractivity contribution in [2.75, 3.05) is 0 Å². The Morgan fingerprint density at radius 3 is 2.94 bits per heavy atom. The first-order valence-electron chi connectivity index (χ1n) is 6.38. The molecule has 18 heavy (non-hydrogen) atoms. The Morgan fingerprint density at radius 2 is 2.22 bits per heavy atom.